The topological polar surface area (TPSA) is 84.5 Å². The molecule has 8 heteroatoms. The summed E-state index contributed by atoms with van der Waals surface area (Å²) in [4.78, 5) is 14.9. The third-order valence-electron chi connectivity index (χ3n) is 4.41. The van der Waals surface area contributed by atoms with Crippen molar-refractivity contribution < 1.29 is 4.92 Å². The predicted molar refractivity (Wildman–Crippen MR) is 123 cm³/mol. The molecular formula is C20H24IN5O2. The van der Waals surface area contributed by atoms with Gasteiger partial charge in [-0.15, -0.1) is 24.0 Å². The van der Waals surface area contributed by atoms with Gasteiger partial charge in [0, 0.05) is 50.0 Å². The highest BCUT2D eigenvalue weighted by molar-refractivity contribution is 14.0. The minimum Gasteiger partial charge on any atom is -0.356 e. The molecule has 0 aliphatic heterocycles. The van der Waals surface area contributed by atoms with Crippen LogP contribution in [0.5, 0.6) is 0 Å². The molecule has 0 fully saturated rings. The number of guanidine groups is 1. The van der Waals surface area contributed by atoms with Crippen molar-refractivity contribution in [3.63, 3.8) is 0 Å². The maximum absolute atomic E-state index is 11.1. The second-order valence-corrected chi connectivity index (χ2v) is 6.16. The lowest BCUT2D eigenvalue weighted by molar-refractivity contribution is -0.385. The summed E-state index contributed by atoms with van der Waals surface area (Å²) < 4.78 is 2.24. The van der Waals surface area contributed by atoms with Crippen molar-refractivity contribution >= 4 is 46.5 Å². The van der Waals surface area contributed by atoms with E-state index in [2.05, 4.69) is 44.6 Å². The molecule has 0 saturated heterocycles. The molecule has 3 aromatic rings. The van der Waals surface area contributed by atoms with E-state index in [-0.39, 0.29) is 34.6 Å². The van der Waals surface area contributed by atoms with E-state index in [1.165, 1.54) is 17.0 Å². The molecule has 148 valence electrons. The van der Waals surface area contributed by atoms with Crippen molar-refractivity contribution in [2.75, 3.05) is 13.6 Å². The highest BCUT2D eigenvalue weighted by Crippen LogP contribution is 2.17. The van der Waals surface area contributed by atoms with Crippen molar-refractivity contribution in [1.82, 2.24) is 15.2 Å². The molecule has 0 aliphatic carbocycles. The number of aliphatic imine (C=N–C) groups is 1. The minimum absolute atomic E-state index is 0. The number of aryl methyl sites for hydroxylation is 1. The quantitative estimate of drug-likeness (QED) is 0.131. The van der Waals surface area contributed by atoms with E-state index >= 15 is 0 Å². The molecule has 3 rings (SSSR count). The van der Waals surface area contributed by atoms with Crippen molar-refractivity contribution in [1.29, 1.82) is 0 Å². The van der Waals surface area contributed by atoms with Crippen LogP contribution in [-0.4, -0.2) is 29.0 Å². The Bertz CT molecular complexity index is 954. The Balaban J connectivity index is 0.00000280. The van der Waals surface area contributed by atoms with Gasteiger partial charge in [-0.25, -0.2) is 0 Å². The van der Waals surface area contributed by atoms with Gasteiger partial charge in [-0.1, -0.05) is 36.4 Å². The summed E-state index contributed by atoms with van der Waals surface area (Å²) in [6.07, 6.45) is 3.04. The summed E-state index contributed by atoms with van der Waals surface area (Å²) in [5.74, 6) is 0.630. The van der Waals surface area contributed by atoms with Gasteiger partial charge in [-0.3, -0.25) is 15.1 Å². The Kier molecular flexibility index (Phi) is 8.24. The standard InChI is InChI=1S/C20H23N5O2.HI/c1-21-20(23-15-17-8-3-5-10-19(17)25(26)27)22-12-6-13-24-14-11-16-7-2-4-9-18(16)24;/h2-5,7-11,14H,6,12-13,15H2,1H3,(H2,21,22,23);1H. The van der Waals surface area contributed by atoms with Crippen LogP contribution in [0.25, 0.3) is 10.9 Å². The molecule has 0 spiro atoms. The average molecular weight is 493 g/mol. The van der Waals surface area contributed by atoms with Crippen LogP contribution in [0.1, 0.15) is 12.0 Å². The van der Waals surface area contributed by atoms with Gasteiger partial charge in [0.15, 0.2) is 5.96 Å². The molecule has 0 saturated carbocycles. The number of nitrogens with zero attached hydrogens (tertiary/aromatic N) is 3. The second kappa shape index (κ2) is 10.6. The van der Waals surface area contributed by atoms with Gasteiger partial charge in [-0.05, 0) is 23.9 Å². The van der Waals surface area contributed by atoms with Crippen LogP contribution < -0.4 is 10.6 Å². The van der Waals surface area contributed by atoms with Crippen LogP contribution in [-0.2, 0) is 13.1 Å². The third kappa shape index (κ3) is 5.44. The van der Waals surface area contributed by atoms with E-state index in [0.29, 0.717) is 18.1 Å². The number of rotatable bonds is 7. The smallest absolute Gasteiger partial charge is 0.274 e. The second-order valence-electron chi connectivity index (χ2n) is 6.16. The van der Waals surface area contributed by atoms with Gasteiger partial charge in [0.2, 0.25) is 0 Å². The Hall–Kier alpha value is -2.62. The van der Waals surface area contributed by atoms with E-state index in [1.54, 1.807) is 25.2 Å². The summed E-state index contributed by atoms with van der Waals surface area (Å²) in [5.41, 5.74) is 1.97. The molecule has 0 radical (unpaired) electrons. The number of nitro benzene ring substituents is 1. The number of aromatic nitrogens is 1. The molecular weight excluding hydrogens is 469 g/mol. The number of benzene rings is 2. The van der Waals surface area contributed by atoms with Gasteiger partial charge < -0.3 is 15.2 Å². The molecule has 2 aromatic carbocycles. The molecule has 1 aromatic heterocycles. The number of nitro groups is 1. The van der Waals surface area contributed by atoms with Crippen LogP contribution in [0, 0.1) is 10.1 Å². The number of para-hydroxylation sites is 2. The van der Waals surface area contributed by atoms with Gasteiger partial charge >= 0.3 is 0 Å². The Morgan fingerprint density at radius 1 is 1.11 bits per heavy atom. The van der Waals surface area contributed by atoms with Crippen LogP contribution in [0.4, 0.5) is 5.69 Å². The van der Waals surface area contributed by atoms with Crippen molar-refractivity contribution in [2.45, 2.75) is 19.5 Å². The molecule has 0 amide bonds. The Morgan fingerprint density at radius 2 is 1.86 bits per heavy atom. The lowest BCUT2D eigenvalue weighted by atomic mass is 10.2. The number of halogens is 1. The Morgan fingerprint density at radius 3 is 2.64 bits per heavy atom. The molecule has 2 N–H and O–H groups in total. The van der Waals surface area contributed by atoms with Crippen LogP contribution in [0.15, 0.2) is 65.8 Å². The monoisotopic (exact) mass is 493 g/mol. The van der Waals surface area contributed by atoms with Crippen LogP contribution >= 0.6 is 24.0 Å². The van der Waals surface area contributed by atoms with Gasteiger partial charge in [0.25, 0.3) is 5.69 Å². The summed E-state index contributed by atoms with van der Waals surface area (Å²) in [5, 5.41) is 18.7. The molecule has 0 aliphatic rings. The zero-order valence-corrected chi connectivity index (χ0v) is 18.0. The van der Waals surface area contributed by atoms with Gasteiger partial charge in [-0.2, -0.15) is 0 Å². The summed E-state index contributed by atoms with van der Waals surface area (Å²) in [7, 11) is 1.69. The number of nitrogens with one attached hydrogen (secondary N) is 2. The number of fused-ring (bicyclic) bond motifs is 1. The summed E-state index contributed by atoms with van der Waals surface area (Å²) in [6, 6.07) is 17.2. The zero-order chi connectivity index (χ0) is 19.1. The fraction of sp³-hybridized carbons (Fsp3) is 0.250. The Labute approximate surface area is 181 Å². The minimum atomic E-state index is -0.366. The van der Waals surface area contributed by atoms with E-state index in [1.807, 2.05) is 12.1 Å². The summed E-state index contributed by atoms with van der Waals surface area (Å²) in [6.45, 7) is 2.00. The lowest BCUT2D eigenvalue weighted by Gasteiger charge is -2.12. The SMILES string of the molecule is CN=C(NCCCn1ccc2ccccc21)NCc1ccccc1[N+](=O)[O-].I. The van der Waals surface area contributed by atoms with Crippen LogP contribution in [0.2, 0.25) is 0 Å². The van der Waals surface area contributed by atoms with Gasteiger partial charge in [0.05, 0.1) is 4.92 Å². The highest BCUT2D eigenvalue weighted by Gasteiger charge is 2.12. The molecule has 28 heavy (non-hydrogen) atoms. The predicted octanol–water partition coefficient (Wildman–Crippen LogP) is 3.92. The lowest BCUT2D eigenvalue weighted by Crippen LogP contribution is -2.37. The normalized spacial score (nSPS) is 11.1. The number of hydrogen-bond acceptors (Lipinski definition) is 3. The van der Waals surface area contributed by atoms with Crippen molar-refractivity contribution in [3.8, 4) is 0 Å². The average Bonchev–Trinajstić information content (AvgIpc) is 3.11. The zero-order valence-electron chi connectivity index (χ0n) is 15.7. The first-order valence-electron chi connectivity index (χ1n) is 8.89. The van der Waals surface area contributed by atoms with Crippen LogP contribution in [0.3, 0.4) is 0 Å². The van der Waals surface area contributed by atoms with Crippen molar-refractivity contribution in [3.05, 3.63) is 76.5 Å². The van der Waals surface area contributed by atoms with Gasteiger partial charge in [0.1, 0.15) is 0 Å². The summed E-state index contributed by atoms with van der Waals surface area (Å²) >= 11 is 0. The third-order valence-corrected chi connectivity index (χ3v) is 4.41. The fourth-order valence-electron chi connectivity index (χ4n) is 3.03. The first kappa shape index (κ1) is 21.7. The molecule has 0 bridgehead atoms. The largest absolute Gasteiger partial charge is 0.356 e. The molecule has 7 nitrogen and oxygen atoms in total. The molecule has 0 atom stereocenters. The van der Waals surface area contributed by atoms with E-state index in [0.717, 1.165) is 19.5 Å². The molecule has 1 heterocycles. The fourth-order valence-corrected chi connectivity index (χ4v) is 3.03. The first-order valence-corrected chi connectivity index (χ1v) is 8.89. The number of hydrogen-bond donors (Lipinski definition) is 2. The highest BCUT2D eigenvalue weighted by atomic mass is 127. The van der Waals surface area contributed by atoms with E-state index < -0.39 is 0 Å². The van der Waals surface area contributed by atoms with E-state index in [9.17, 15) is 10.1 Å². The first-order chi connectivity index (χ1) is 13.2. The van der Waals surface area contributed by atoms with E-state index in [4.69, 9.17) is 0 Å². The maximum atomic E-state index is 11.1. The van der Waals surface area contributed by atoms with Crippen molar-refractivity contribution in [2.24, 2.45) is 4.99 Å². The maximum Gasteiger partial charge on any atom is 0.274 e. The molecule has 0 unspecified atom stereocenters.